The second-order valence-electron chi connectivity index (χ2n) is 4.89. The molecule has 4 nitrogen and oxygen atoms in total. The fourth-order valence-electron chi connectivity index (χ4n) is 2.15. The van der Waals surface area contributed by atoms with Gasteiger partial charge in [0.15, 0.2) is 0 Å². The zero-order valence-corrected chi connectivity index (χ0v) is 11.2. The SMILES string of the molecule is CCC(=O)Nc1ccc(N2CC[NH+](C)CC2)cc1. The first kappa shape index (κ1) is 12.9. The van der Waals surface area contributed by atoms with Crippen molar-refractivity contribution < 1.29 is 9.69 Å². The highest BCUT2D eigenvalue weighted by molar-refractivity contribution is 5.90. The number of quaternary nitrogens is 1. The van der Waals surface area contributed by atoms with E-state index in [2.05, 4.69) is 29.4 Å². The predicted molar refractivity (Wildman–Crippen MR) is 74.2 cm³/mol. The van der Waals surface area contributed by atoms with Gasteiger partial charge in [0.05, 0.1) is 33.2 Å². The summed E-state index contributed by atoms with van der Waals surface area (Å²) in [6, 6.07) is 8.14. The second-order valence-corrected chi connectivity index (χ2v) is 4.89. The van der Waals surface area contributed by atoms with E-state index in [0.29, 0.717) is 6.42 Å². The van der Waals surface area contributed by atoms with Crippen LogP contribution in [-0.4, -0.2) is 39.1 Å². The quantitative estimate of drug-likeness (QED) is 0.811. The van der Waals surface area contributed by atoms with E-state index in [0.717, 1.165) is 18.8 Å². The standard InChI is InChI=1S/C14H21N3O/c1-3-14(18)15-12-4-6-13(7-5-12)17-10-8-16(2)9-11-17/h4-7H,3,8-11H2,1-2H3,(H,15,18)/p+1. The number of hydrogen-bond donors (Lipinski definition) is 2. The predicted octanol–water partition coefficient (Wildman–Crippen LogP) is 0.370. The second kappa shape index (κ2) is 5.87. The number of carbonyl (C=O) groups is 1. The maximum absolute atomic E-state index is 11.3. The molecule has 0 unspecified atom stereocenters. The summed E-state index contributed by atoms with van der Waals surface area (Å²) >= 11 is 0. The number of nitrogens with zero attached hydrogens (tertiary/aromatic N) is 1. The van der Waals surface area contributed by atoms with E-state index in [9.17, 15) is 4.79 Å². The summed E-state index contributed by atoms with van der Waals surface area (Å²) in [5.74, 6) is 0.0611. The Labute approximate surface area is 109 Å². The minimum atomic E-state index is 0.0611. The lowest BCUT2D eigenvalue weighted by molar-refractivity contribution is -0.880. The van der Waals surface area contributed by atoms with Gasteiger partial charge in [-0.25, -0.2) is 0 Å². The van der Waals surface area contributed by atoms with Crippen LogP contribution in [0.5, 0.6) is 0 Å². The Kier molecular flexibility index (Phi) is 4.20. The van der Waals surface area contributed by atoms with Crippen LogP contribution in [0.25, 0.3) is 0 Å². The highest BCUT2D eigenvalue weighted by atomic mass is 16.1. The maximum atomic E-state index is 11.3. The van der Waals surface area contributed by atoms with Crippen molar-refractivity contribution in [1.29, 1.82) is 0 Å². The summed E-state index contributed by atoms with van der Waals surface area (Å²) in [6.45, 7) is 6.44. The lowest BCUT2D eigenvalue weighted by Gasteiger charge is -2.31. The average Bonchev–Trinajstić information content (AvgIpc) is 2.40. The Morgan fingerprint density at radius 1 is 1.28 bits per heavy atom. The molecule has 2 N–H and O–H groups in total. The number of likely N-dealkylation sites (N-methyl/N-ethyl adjacent to an activating group) is 1. The molecule has 1 heterocycles. The number of rotatable bonds is 3. The van der Waals surface area contributed by atoms with Gasteiger partial charge >= 0.3 is 0 Å². The Balaban J connectivity index is 1.97. The summed E-state index contributed by atoms with van der Waals surface area (Å²) in [5, 5.41) is 2.87. The van der Waals surface area contributed by atoms with Crippen LogP contribution in [-0.2, 0) is 4.79 Å². The van der Waals surface area contributed by atoms with E-state index in [1.807, 2.05) is 19.1 Å². The lowest BCUT2D eigenvalue weighted by atomic mass is 10.2. The molecule has 0 bridgehead atoms. The summed E-state index contributed by atoms with van der Waals surface area (Å²) < 4.78 is 0. The summed E-state index contributed by atoms with van der Waals surface area (Å²) in [7, 11) is 2.24. The first-order chi connectivity index (χ1) is 8.69. The molecule has 0 atom stereocenters. The smallest absolute Gasteiger partial charge is 0.224 e. The van der Waals surface area contributed by atoms with Crippen molar-refractivity contribution in [1.82, 2.24) is 0 Å². The molecule has 1 aliphatic rings. The lowest BCUT2D eigenvalue weighted by Crippen LogP contribution is -3.12. The van der Waals surface area contributed by atoms with Crippen LogP contribution < -0.4 is 15.1 Å². The van der Waals surface area contributed by atoms with Crippen molar-refractivity contribution in [3.8, 4) is 0 Å². The van der Waals surface area contributed by atoms with Crippen molar-refractivity contribution in [3.05, 3.63) is 24.3 Å². The number of carbonyl (C=O) groups excluding carboxylic acids is 1. The van der Waals surface area contributed by atoms with Crippen LogP contribution in [0.3, 0.4) is 0 Å². The van der Waals surface area contributed by atoms with E-state index in [4.69, 9.17) is 0 Å². The molecule has 1 aromatic rings. The van der Waals surface area contributed by atoms with Crippen LogP contribution in [0, 0.1) is 0 Å². The van der Waals surface area contributed by atoms with Gasteiger partial charge in [-0.3, -0.25) is 4.79 Å². The molecule has 1 aliphatic heterocycles. The molecule has 1 saturated heterocycles. The van der Waals surface area contributed by atoms with Gasteiger partial charge < -0.3 is 15.1 Å². The normalized spacial score (nSPS) is 16.7. The number of piperazine rings is 1. The largest absolute Gasteiger partial charge is 0.360 e. The first-order valence-electron chi connectivity index (χ1n) is 6.65. The van der Waals surface area contributed by atoms with E-state index in [1.54, 1.807) is 4.90 Å². The van der Waals surface area contributed by atoms with Crippen molar-refractivity contribution in [2.24, 2.45) is 0 Å². The van der Waals surface area contributed by atoms with Gasteiger partial charge in [0.25, 0.3) is 0 Å². The zero-order valence-electron chi connectivity index (χ0n) is 11.2. The molecule has 2 rings (SSSR count). The van der Waals surface area contributed by atoms with Crippen LogP contribution >= 0.6 is 0 Å². The molecule has 0 aliphatic carbocycles. The fraction of sp³-hybridized carbons (Fsp3) is 0.500. The van der Waals surface area contributed by atoms with Crippen molar-refractivity contribution in [2.45, 2.75) is 13.3 Å². The average molecular weight is 248 g/mol. The number of hydrogen-bond acceptors (Lipinski definition) is 2. The monoisotopic (exact) mass is 248 g/mol. The van der Waals surface area contributed by atoms with Crippen molar-refractivity contribution >= 4 is 17.3 Å². The molecule has 1 amide bonds. The topological polar surface area (TPSA) is 36.8 Å². The minimum absolute atomic E-state index is 0.0611. The van der Waals surface area contributed by atoms with Gasteiger partial charge in [0, 0.05) is 17.8 Å². The van der Waals surface area contributed by atoms with E-state index in [1.165, 1.54) is 18.8 Å². The molecule has 1 fully saturated rings. The highest BCUT2D eigenvalue weighted by Gasteiger charge is 2.16. The van der Waals surface area contributed by atoms with Gasteiger partial charge in [-0.2, -0.15) is 0 Å². The van der Waals surface area contributed by atoms with Gasteiger partial charge in [-0.1, -0.05) is 6.92 Å². The molecular formula is C14H22N3O+. The number of nitrogens with one attached hydrogen (secondary N) is 2. The van der Waals surface area contributed by atoms with Gasteiger partial charge in [0.1, 0.15) is 0 Å². The molecule has 0 spiro atoms. The maximum Gasteiger partial charge on any atom is 0.224 e. The van der Waals surface area contributed by atoms with Gasteiger partial charge in [0.2, 0.25) is 5.91 Å². The third kappa shape index (κ3) is 3.23. The van der Waals surface area contributed by atoms with Crippen LogP contribution in [0.4, 0.5) is 11.4 Å². The van der Waals surface area contributed by atoms with E-state index in [-0.39, 0.29) is 5.91 Å². The third-order valence-corrected chi connectivity index (χ3v) is 3.45. The first-order valence-corrected chi connectivity index (χ1v) is 6.65. The molecule has 18 heavy (non-hydrogen) atoms. The molecule has 4 heteroatoms. The molecule has 0 radical (unpaired) electrons. The van der Waals surface area contributed by atoms with Crippen molar-refractivity contribution in [2.75, 3.05) is 43.4 Å². The zero-order chi connectivity index (χ0) is 13.0. The molecule has 98 valence electrons. The van der Waals surface area contributed by atoms with Gasteiger partial charge in [-0.15, -0.1) is 0 Å². The Morgan fingerprint density at radius 2 is 1.89 bits per heavy atom. The summed E-state index contributed by atoms with van der Waals surface area (Å²) in [5.41, 5.74) is 2.13. The Hall–Kier alpha value is -1.55. The minimum Gasteiger partial charge on any atom is -0.360 e. The van der Waals surface area contributed by atoms with Crippen molar-refractivity contribution in [3.63, 3.8) is 0 Å². The fourth-order valence-corrected chi connectivity index (χ4v) is 2.15. The van der Waals surface area contributed by atoms with E-state index >= 15 is 0 Å². The number of amides is 1. The summed E-state index contributed by atoms with van der Waals surface area (Å²) in [4.78, 5) is 15.3. The third-order valence-electron chi connectivity index (χ3n) is 3.45. The van der Waals surface area contributed by atoms with Crippen LogP contribution in [0.15, 0.2) is 24.3 Å². The number of anilines is 2. The van der Waals surface area contributed by atoms with Crippen LogP contribution in [0.1, 0.15) is 13.3 Å². The Morgan fingerprint density at radius 3 is 2.44 bits per heavy atom. The van der Waals surface area contributed by atoms with Crippen LogP contribution in [0.2, 0.25) is 0 Å². The molecule has 0 aromatic heterocycles. The highest BCUT2D eigenvalue weighted by Crippen LogP contribution is 2.18. The Bertz CT molecular complexity index is 394. The van der Waals surface area contributed by atoms with Gasteiger partial charge in [-0.05, 0) is 24.3 Å². The molecule has 1 aromatic carbocycles. The molecular weight excluding hydrogens is 226 g/mol. The number of benzene rings is 1. The van der Waals surface area contributed by atoms with E-state index < -0.39 is 0 Å². The summed E-state index contributed by atoms with van der Waals surface area (Å²) in [6.07, 6.45) is 0.517. The molecule has 0 saturated carbocycles.